The lowest BCUT2D eigenvalue weighted by Crippen LogP contribution is -2.39. The summed E-state index contributed by atoms with van der Waals surface area (Å²) < 4.78 is 5.62. The number of anilines is 1. The lowest BCUT2D eigenvalue weighted by Gasteiger charge is -2.26. The molecule has 2 amide bonds. The molecule has 5 nitrogen and oxygen atoms in total. The first-order chi connectivity index (χ1) is 11.2. The molecule has 5 heteroatoms. The zero-order valence-corrected chi connectivity index (χ0v) is 14.2. The molecule has 126 valence electrons. The van der Waals surface area contributed by atoms with Gasteiger partial charge in [0.1, 0.15) is 5.75 Å². The van der Waals surface area contributed by atoms with Crippen LogP contribution in [0, 0.1) is 0 Å². The molecule has 2 aliphatic heterocycles. The van der Waals surface area contributed by atoms with Gasteiger partial charge in [-0.15, -0.1) is 0 Å². The molecule has 1 fully saturated rings. The fourth-order valence-corrected chi connectivity index (χ4v) is 3.60. The molecular weight excluding hydrogens is 290 g/mol. The van der Waals surface area contributed by atoms with Crippen LogP contribution >= 0.6 is 0 Å². The quantitative estimate of drug-likeness (QED) is 0.928. The van der Waals surface area contributed by atoms with E-state index in [4.69, 9.17) is 4.74 Å². The Hall–Kier alpha value is -1.75. The predicted octanol–water partition coefficient (Wildman–Crippen LogP) is 2.96. The van der Waals surface area contributed by atoms with Crippen molar-refractivity contribution in [1.82, 2.24) is 9.80 Å². The van der Waals surface area contributed by atoms with Gasteiger partial charge in [0, 0.05) is 24.8 Å². The smallest absolute Gasteiger partial charge is 0.321 e. The highest BCUT2D eigenvalue weighted by molar-refractivity contribution is 5.89. The van der Waals surface area contributed by atoms with Crippen LogP contribution in [0.4, 0.5) is 10.5 Å². The van der Waals surface area contributed by atoms with E-state index in [1.807, 2.05) is 23.1 Å². The predicted molar refractivity (Wildman–Crippen MR) is 92.2 cm³/mol. The van der Waals surface area contributed by atoms with E-state index in [1.165, 1.54) is 5.56 Å². The number of nitrogens with zero attached hydrogens (tertiary/aromatic N) is 2. The molecule has 0 aliphatic carbocycles. The third-order valence-electron chi connectivity index (χ3n) is 4.94. The van der Waals surface area contributed by atoms with Crippen LogP contribution in [0.25, 0.3) is 0 Å². The van der Waals surface area contributed by atoms with Gasteiger partial charge in [0.25, 0.3) is 0 Å². The Bertz CT molecular complexity index is 557. The van der Waals surface area contributed by atoms with Crippen molar-refractivity contribution in [2.75, 3.05) is 38.1 Å². The number of ether oxygens (including phenoxy) is 1. The van der Waals surface area contributed by atoms with Gasteiger partial charge in [-0.1, -0.05) is 13.8 Å². The summed E-state index contributed by atoms with van der Waals surface area (Å²) in [5.74, 6) is 0.956. The summed E-state index contributed by atoms with van der Waals surface area (Å²) in [5, 5.41) is 3.04. The second-order valence-corrected chi connectivity index (χ2v) is 6.31. The summed E-state index contributed by atoms with van der Waals surface area (Å²) in [6, 6.07) is 6.45. The van der Waals surface area contributed by atoms with Gasteiger partial charge in [-0.3, -0.25) is 4.90 Å². The van der Waals surface area contributed by atoms with Crippen LogP contribution in [0.2, 0.25) is 0 Å². The highest BCUT2D eigenvalue weighted by Crippen LogP contribution is 2.28. The van der Waals surface area contributed by atoms with Crippen LogP contribution in [0.15, 0.2) is 18.2 Å². The number of rotatable bonds is 4. The first-order valence-electron chi connectivity index (χ1n) is 8.77. The van der Waals surface area contributed by atoms with E-state index in [0.717, 1.165) is 63.5 Å². The summed E-state index contributed by atoms with van der Waals surface area (Å²) in [4.78, 5) is 16.9. The molecule has 1 aromatic carbocycles. The Kier molecular flexibility index (Phi) is 5.06. The van der Waals surface area contributed by atoms with Crippen LogP contribution in [-0.2, 0) is 6.42 Å². The number of likely N-dealkylation sites (N-methyl/N-ethyl adjacent to an activating group) is 1. The molecule has 2 aliphatic rings. The number of urea groups is 1. The number of benzene rings is 1. The number of amides is 2. The highest BCUT2D eigenvalue weighted by atomic mass is 16.5. The number of carbonyl (C=O) groups excluding carboxylic acids is 1. The van der Waals surface area contributed by atoms with E-state index >= 15 is 0 Å². The molecule has 3 rings (SSSR count). The minimum atomic E-state index is 0.0105. The summed E-state index contributed by atoms with van der Waals surface area (Å²) in [5.41, 5.74) is 2.06. The Labute approximate surface area is 138 Å². The molecule has 0 saturated carbocycles. The van der Waals surface area contributed by atoms with Crippen molar-refractivity contribution in [2.24, 2.45) is 0 Å². The average Bonchev–Trinajstić information content (AvgIpc) is 3.06. The second-order valence-electron chi connectivity index (χ2n) is 6.31. The summed E-state index contributed by atoms with van der Waals surface area (Å²) in [7, 11) is 0. The van der Waals surface area contributed by atoms with Crippen LogP contribution in [0.1, 0.15) is 32.3 Å². The summed E-state index contributed by atoms with van der Waals surface area (Å²) in [6.45, 7) is 8.90. The van der Waals surface area contributed by atoms with Gasteiger partial charge in [0.05, 0.1) is 6.61 Å². The van der Waals surface area contributed by atoms with Crippen LogP contribution in [-0.4, -0.2) is 54.7 Å². The fourth-order valence-electron chi connectivity index (χ4n) is 3.60. The average molecular weight is 317 g/mol. The third-order valence-corrected chi connectivity index (χ3v) is 4.94. The van der Waals surface area contributed by atoms with E-state index < -0.39 is 0 Å². The number of aryl methyl sites for hydroxylation is 1. The van der Waals surface area contributed by atoms with E-state index in [2.05, 4.69) is 24.1 Å². The molecule has 1 aromatic rings. The molecule has 0 radical (unpaired) electrons. The maximum absolute atomic E-state index is 12.5. The Balaban J connectivity index is 1.59. The Morgan fingerprint density at radius 2 is 2.22 bits per heavy atom. The minimum absolute atomic E-state index is 0.0105. The normalized spacial score (nSPS) is 20.3. The first kappa shape index (κ1) is 16.1. The zero-order chi connectivity index (χ0) is 16.2. The number of hydrogen-bond acceptors (Lipinski definition) is 3. The Morgan fingerprint density at radius 3 is 3.00 bits per heavy atom. The highest BCUT2D eigenvalue weighted by Gasteiger charge is 2.29. The molecule has 1 unspecified atom stereocenters. The molecule has 0 spiro atoms. The largest absolute Gasteiger partial charge is 0.493 e. The number of hydrogen-bond donors (Lipinski definition) is 1. The Morgan fingerprint density at radius 1 is 1.39 bits per heavy atom. The number of nitrogens with one attached hydrogen (secondary N) is 1. The van der Waals surface area contributed by atoms with Gasteiger partial charge in [-0.25, -0.2) is 4.79 Å². The van der Waals surface area contributed by atoms with E-state index in [1.54, 1.807) is 0 Å². The molecule has 23 heavy (non-hydrogen) atoms. The van der Waals surface area contributed by atoms with Crippen LogP contribution in [0.5, 0.6) is 5.75 Å². The van der Waals surface area contributed by atoms with Crippen molar-refractivity contribution < 1.29 is 9.53 Å². The van der Waals surface area contributed by atoms with Gasteiger partial charge < -0.3 is 15.0 Å². The number of carbonyl (C=O) groups is 1. The van der Waals surface area contributed by atoms with Crippen molar-refractivity contribution in [3.8, 4) is 5.75 Å². The van der Waals surface area contributed by atoms with Crippen LogP contribution < -0.4 is 10.1 Å². The van der Waals surface area contributed by atoms with E-state index in [0.29, 0.717) is 6.04 Å². The van der Waals surface area contributed by atoms with E-state index in [9.17, 15) is 4.79 Å². The van der Waals surface area contributed by atoms with Gasteiger partial charge in [-0.2, -0.15) is 0 Å². The molecule has 1 saturated heterocycles. The molecule has 0 aromatic heterocycles. The third kappa shape index (κ3) is 3.61. The van der Waals surface area contributed by atoms with Crippen LogP contribution in [0.3, 0.4) is 0 Å². The summed E-state index contributed by atoms with van der Waals surface area (Å²) >= 11 is 0. The molecule has 1 N–H and O–H groups in total. The van der Waals surface area contributed by atoms with Crippen molar-refractivity contribution >= 4 is 11.7 Å². The van der Waals surface area contributed by atoms with Crippen molar-refractivity contribution in [3.63, 3.8) is 0 Å². The van der Waals surface area contributed by atoms with Crippen molar-refractivity contribution in [2.45, 2.75) is 39.2 Å². The van der Waals surface area contributed by atoms with Gasteiger partial charge >= 0.3 is 6.03 Å². The van der Waals surface area contributed by atoms with Crippen molar-refractivity contribution in [3.05, 3.63) is 23.8 Å². The maximum Gasteiger partial charge on any atom is 0.321 e. The van der Waals surface area contributed by atoms with Gasteiger partial charge in [0.15, 0.2) is 0 Å². The van der Waals surface area contributed by atoms with Gasteiger partial charge in [0.2, 0.25) is 0 Å². The van der Waals surface area contributed by atoms with Crippen molar-refractivity contribution in [1.29, 1.82) is 0 Å². The molecule has 2 heterocycles. The second kappa shape index (κ2) is 7.21. The fraction of sp³-hybridized carbons (Fsp3) is 0.611. The number of likely N-dealkylation sites (tertiary alicyclic amines) is 1. The standard InChI is InChI=1S/C18H27N3O2/c1-3-20(4-2)16-9-10-21(13-16)18(22)19-15-7-8-17-14(12-15)6-5-11-23-17/h7-8,12,16H,3-6,9-11,13H2,1-2H3,(H,19,22). The lowest BCUT2D eigenvalue weighted by atomic mass is 10.1. The molecular formula is C18H27N3O2. The summed E-state index contributed by atoms with van der Waals surface area (Å²) in [6.07, 6.45) is 3.13. The van der Waals surface area contributed by atoms with Gasteiger partial charge in [-0.05, 0) is 56.1 Å². The number of fused-ring (bicyclic) bond motifs is 1. The lowest BCUT2D eigenvalue weighted by molar-refractivity contribution is 0.202. The maximum atomic E-state index is 12.5. The topological polar surface area (TPSA) is 44.8 Å². The molecule has 1 atom stereocenters. The SMILES string of the molecule is CCN(CC)C1CCN(C(=O)Nc2ccc3c(c2)CCCO3)C1. The minimum Gasteiger partial charge on any atom is -0.493 e. The van der Waals surface area contributed by atoms with E-state index in [-0.39, 0.29) is 6.03 Å². The zero-order valence-electron chi connectivity index (χ0n) is 14.2. The molecule has 0 bridgehead atoms. The monoisotopic (exact) mass is 317 g/mol. The first-order valence-corrected chi connectivity index (χ1v) is 8.77.